The first-order chi connectivity index (χ1) is 13.1. The quantitative estimate of drug-likeness (QED) is 0.676. The standard InChI is InChI=1S/C21H22N2O4/c1-13(26-12-14-4-3-5-17(10-14)25-2)20(24)22-16-8-9-19-18(11-16)23-21(27-19)15-6-7-15/h3-5,8-11,13,15H,6-7,12H2,1-2H3,(H,22,24)/t13-/m0/s1. The van der Waals surface area contributed by atoms with E-state index in [1.165, 1.54) is 0 Å². The van der Waals surface area contributed by atoms with Gasteiger partial charge in [0.25, 0.3) is 5.91 Å². The van der Waals surface area contributed by atoms with E-state index < -0.39 is 6.10 Å². The van der Waals surface area contributed by atoms with Crippen molar-refractivity contribution in [2.75, 3.05) is 12.4 Å². The van der Waals surface area contributed by atoms with Gasteiger partial charge in [0.1, 0.15) is 17.4 Å². The molecule has 1 atom stereocenters. The molecule has 1 aromatic heterocycles. The minimum atomic E-state index is -0.591. The topological polar surface area (TPSA) is 73.6 Å². The summed E-state index contributed by atoms with van der Waals surface area (Å²) in [5.74, 6) is 1.81. The highest BCUT2D eigenvalue weighted by Gasteiger charge is 2.29. The molecule has 0 radical (unpaired) electrons. The summed E-state index contributed by atoms with van der Waals surface area (Å²) in [6.07, 6.45) is 1.68. The molecule has 1 aliphatic rings. The van der Waals surface area contributed by atoms with E-state index in [1.54, 1.807) is 14.0 Å². The van der Waals surface area contributed by atoms with Crippen LogP contribution in [0.2, 0.25) is 0 Å². The molecular formula is C21H22N2O4. The molecule has 1 aliphatic carbocycles. The van der Waals surface area contributed by atoms with Crippen LogP contribution in [0.15, 0.2) is 46.9 Å². The number of carbonyl (C=O) groups excluding carboxylic acids is 1. The fourth-order valence-corrected chi connectivity index (χ4v) is 2.83. The molecule has 0 saturated heterocycles. The zero-order valence-electron chi connectivity index (χ0n) is 15.4. The highest BCUT2D eigenvalue weighted by molar-refractivity contribution is 5.95. The second-order valence-electron chi connectivity index (χ2n) is 6.80. The SMILES string of the molecule is COc1cccc(CO[C@@H](C)C(=O)Nc2ccc3oc(C4CC4)nc3c2)c1. The van der Waals surface area contributed by atoms with Crippen molar-refractivity contribution in [1.82, 2.24) is 4.98 Å². The molecule has 27 heavy (non-hydrogen) atoms. The minimum absolute atomic E-state index is 0.205. The van der Waals surface area contributed by atoms with Gasteiger partial charge >= 0.3 is 0 Å². The Morgan fingerprint density at radius 2 is 2.15 bits per heavy atom. The van der Waals surface area contributed by atoms with Crippen molar-refractivity contribution in [3.63, 3.8) is 0 Å². The molecule has 1 amide bonds. The predicted molar refractivity (Wildman–Crippen MR) is 102 cm³/mol. The van der Waals surface area contributed by atoms with Gasteiger partial charge in [-0.3, -0.25) is 4.79 Å². The third-order valence-electron chi connectivity index (χ3n) is 4.60. The number of carbonyl (C=O) groups is 1. The van der Waals surface area contributed by atoms with Gasteiger partial charge in [0.05, 0.1) is 13.7 Å². The van der Waals surface area contributed by atoms with Crippen LogP contribution in [-0.4, -0.2) is 24.1 Å². The molecule has 4 rings (SSSR count). The number of ether oxygens (including phenoxy) is 2. The second-order valence-corrected chi connectivity index (χ2v) is 6.80. The molecule has 0 bridgehead atoms. The molecule has 1 fully saturated rings. The number of benzene rings is 2. The van der Waals surface area contributed by atoms with E-state index in [0.29, 0.717) is 18.2 Å². The summed E-state index contributed by atoms with van der Waals surface area (Å²) < 4.78 is 16.6. The molecule has 1 heterocycles. The normalized spacial score (nSPS) is 14.9. The number of methoxy groups -OCH3 is 1. The summed E-state index contributed by atoms with van der Waals surface area (Å²) in [6.45, 7) is 2.06. The molecule has 1 N–H and O–H groups in total. The number of nitrogens with one attached hydrogen (secondary N) is 1. The average Bonchev–Trinajstić information content (AvgIpc) is 3.45. The van der Waals surface area contributed by atoms with E-state index in [4.69, 9.17) is 13.9 Å². The monoisotopic (exact) mass is 366 g/mol. The Bertz CT molecular complexity index is 962. The molecule has 0 aliphatic heterocycles. The van der Waals surface area contributed by atoms with E-state index in [-0.39, 0.29) is 5.91 Å². The molecule has 1 saturated carbocycles. The number of aromatic nitrogens is 1. The van der Waals surface area contributed by atoms with E-state index in [2.05, 4.69) is 10.3 Å². The molecule has 6 nitrogen and oxygen atoms in total. The fourth-order valence-electron chi connectivity index (χ4n) is 2.83. The van der Waals surface area contributed by atoms with Crippen LogP contribution in [0.5, 0.6) is 5.75 Å². The number of rotatable bonds is 7. The third-order valence-corrected chi connectivity index (χ3v) is 4.60. The lowest BCUT2D eigenvalue weighted by atomic mass is 10.2. The summed E-state index contributed by atoms with van der Waals surface area (Å²) >= 11 is 0. The van der Waals surface area contributed by atoms with Crippen molar-refractivity contribution in [3.8, 4) is 5.75 Å². The highest BCUT2D eigenvalue weighted by atomic mass is 16.5. The van der Waals surface area contributed by atoms with Crippen LogP contribution in [0.1, 0.15) is 37.1 Å². The summed E-state index contributed by atoms with van der Waals surface area (Å²) in [7, 11) is 1.62. The molecule has 2 aromatic carbocycles. The largest absolute Gasteiger partial charge is 0.497 e. The van der Waals surface area contributed by atoms with E-state index in [1.807, 2.05) is 42.5 Å². The van der Waals surface area contributed by atoms with Gasteiger partial charge in [0, 0.05) is 11.6 Å². The number of amides is 1. The highest BCUT2D eigenvalue weighted by Crippen LogP contribution is 2.40. The number of fused-ring (bicyclic) bond motifs is 1. The van der Waals surface area contributed by atoms with E-state index in [0.717, 1.165) is 41.1 Å². The predicted octanol–water partition coefficient (Wildman–Crippen LogP) is 4.26. The van der Waals surface area contributed by atoms with Gasteiger partial charge < -0.3 is 19.2 Å². The van der Waals surface area contributed by atoms with Crippen molar-refractivity contribution >= 4 is 22.7 Å². The van der Waals surface area contributed by atoms with Gasteiger partial charge in [-0.25, -0.2) is 4.98 Å². The fraction of sp³-hybridized carbons (Fsp3) is 0.333. The third kappa shape index (κ3) is 4.11. The lowest BCUT2D eigenvalue weighted by molar-refractivity contribution is -0.127. The van der Waals surface area contributed by atoms with E-state index in [9.17, 15) is 4.79 Å². The molecule has 140 valence electrons. The maximum Gasteiger partial charge on any atom is 0.253 e. The van der Waals surface area contributed by atoms with Crippen LogP contribution in [0.4, 0.5) is 5.69 Å². The lowest BCUT2D eigenvalue weighted by Crippen LogP contribution is -2.27. The molecular weight excluding hydrogens is 344 g/mol. The van der Waals surface area contributed by atoms with Crippen LogP contribution in [0.3, 0.4) is 0 Å². The summed E-state index contributed by atoms with van der Waals surface area (Å²) in [5.41, 5.74) is 3.14. The number of nitrogens with zero attached hydrogens (tertiary/aromatic N) is 1. The first-order valence-electron chi connectivity index (χ1n) is 9.08. The van der Waals surface area contributed by atoms with Crippen LogP contribution in [-0.2, 0) is 16.1 Å². The summed E-state index contributed by atoms with van der Waals surface area (Å²) in [5, 5.41) is 2.88. The van der Waals surface area contributed by atoms with Crippen molar-refractivity contribution in [2.45, 2.75) is 38.4 Å². The van der Waals surface area contributed by atoms with Gasteiger partial charge in [-0.2, -0.15) is 0 Å². The van der Waals surface area contributed by atoms with Crippen molar-refractivity contribution in [1.29, 1.82) is 0 Å². The van der Waals surface area contributed by atoms with Crippen LogP contribution < -0.4 is 10.1 Å². The Kier molecular flexibility index (Phi) is 4.81. The molecule has 6 heteroatoms. The second kappa shape index (κ2) is 7.40. The van der Waals surface area contributed by atoms with Crippen molar-refractivity contribution in [3.05, 3.63) is 53.9 Å². The van der Waals surface area contributed by atoms with Gasteiger partial charge in [0.15, 0.2) is 11.5 Å². The maximum absolute atomic E-state index is 12.4. The number of hydrogen-bond donors (Lipinski definition) is 1. The van der Waals surface area contributed by atoms with Crippen molar-refractivity contribution < 1.29 is 18.7 Å². The first-order valence-corrected chi connectivity index (χ1v) is 9.08. The number of anilines is 1. The first kappa shape index (κ1) is 17.5. The number of hydrogen-bond acceptors (Lipinski definition) is 5. The van der Waals surface area contributed by atoms with Gasteiger partial charge in [-0.1, -0.05) is 12.1 Å². The zero-order chi connectivity index (χ0) is 18.8. The molecule has 0 spiro atoms. The Hall–Kier alpha value is -2.86. The lowest BCUT2D eigenvalue weighted by Gasteiger charge is -2.14. The Balaban J connectivity index is 1.36. The van der Waals surface area contributed by atoms with Gasteiger partial charge in [-0.15, -0.1) is 0 Å². The summed E-state index contributed by atoms with van der Waals surface area (Å²) in [4.78, 5) is 16.9. The Morgan fingerprint density at radius 3 is 2.93 bits per heavy atom. The smallest absolute Gasteiger partial charge is 0.253 e. The molecule has 0 unspecified atom stereocenters. The van der Waals surface area contributed by atoms with Crippen LogP contribution >= 0.6 is 0 Å². The van der Waals surface area contributed by atoms with Crippen LogP contribution in [0.25, 0.3) is 11.1 Å². The van der Waals surface area contributed by atoms with Gasteiger partial charge in [0.2, 0.25) is 0 Å². The Morgan fingerprint density at radius 1 is 1.30 bits per heavy atom. The molecule has 3 aromatic rings. The number of oxazole rings is 1. The summed E-state index contributed by atoms with van der Waals surface area (Å²) in [6, 6.07) is 13.1. The van der Waals surface area contributed by atoms with E-state index >= 15 is 0 Å². The van der Waals surface area contributed by atoms with Crippen LogP contribution in [0, 0.1) is 0 Å². The van der Waals surface area contributed by atoms with Gasteiger partial charge in [-0.05, 0) is 55.7 Å². The minimum Gasteiger partial charge on any atom is -0.497 e. The zero-order valence-corrected chi connectivity index (χ0v) is 15.4. The Labute approximate surface area is 157 Å². The van der Waals surface area contributed by atoms with Crippen molar-refractivity contribution in [2.24, 2.45) is 0 Å². The maximum atomic E-state index is 12.4. The average molecular weight is 366 g/mol.